The van der Waals surface area contributed by atoms with Crippen LogP contribution in [0.4, 0.5) is 4.79 Å². The third-order valence-corrected chi connectivity index (χ3v) is 4.05. The molecule has 1 aromatic carbocycles. The summed E-state index contributed by atoms with van der Waals surface area (Å²) in [6, 6.07) is 2.91. The number of aromatic hydroxyl groups is 1. The Labute approximate surface area is 137 Å². The Balaban J connectivity index is 2.35. The van der Waals surface area contributed by atoms with Gasteiger partial charge in [-0.15, -0.1) is 6.58 Å². The SMILES string of the molecule is C=CCN1C(=O)N/C(=C/c2cc(Br)c(O)c(I)c2)C1=O. The molecule has 0 aliphatic carbocycles. The quantitative estimate of drug-likeness (QED) is 0.323. The van der Waals surface area contributed by atoms with E-state index in [9.17, 15) is 14.7 Å². The van der Waals surface area contributed by atoms with Crippen LogP contribution in [0.5, 0.6) is 5.75 Å². The van der Waals surface area contributed by atoms with Gasteiger partial charge in [0.2, 0.25) is 0 Å². The van der Waals surface area contributed by atoms with Crippen LogP contribution in [-0.4, -0.2) is 28.5 Å². The summed E-state index contributed by atoms with van der Waals surface area (Å²) in [6.07, 6.45) is 3.05. The molecule has 0 bridgehead atoms. The minimum Gasteiger partial charge on any atom is -0.506 e. The van der Waals surface area contributed by atoms with Gasteiger partial charge in [-0.2, -0.15) is 0 Å². The molecule has 1 fully saturated rings. The number of phenolic OH excluding ortho intramolecular Hbond substituents is 1. The van der Waals surface area contributed by atoms with Crippen LogP contribution in [0.3, 0.4) is 0 Å². The molecule has 104 valence electrons. The molecule has 20 heavy (non-hydrogen) atoms. The van der Waals surface area contributed by atoms with Gasteiger partial charge in [0.1, 0.15) is 11.4 Å². The molecule has 0 unspecified atom stereocenters. The summed E-state index contributed by atoms with van der Waals surface area (Å²) in [5.41, 5.74) is 0.897. The van der Waals surface area contributed by atoms with Crippen molar-refractivity contribution in [1.29, 1.82) is 0 Å². The number of halogens is 2. The van der Waals surface area contributed by atoms with Crippen molar-refractivity contribution in [3.8, 4) is 5.75 Å². The number of rotatable bonds is 3. The summed E-state index contributed by atoms with van der Waals surface area (Å²) >= 11 is 5.21. The van der Waals surface area contributed by atoms with Crippen LogP contribution < -0.4 is 5.32 Å². The number of imide groups is 1. The van der Waals surface area contributed by atoms with Crippen molar-refractivity contribution in [3.05, 3.63) is 44.1 Å². The number of nitrogens with zero attached hydrogens (tertiary/aromatic N) is 1. The molecule has 7 heteroatoms. The van der Waals surface area contributed by atoms with Crippen LogP contribution in [0.1, 0.15) is 5.56 Å². The van der Waals surface area contributed by atoms with Gasteiger partial charge in [0.05, 0.1) is 8.04 Å². The summed E-state index contributed by atoms with van der Waals surface area (Å²) < 4.78 is 1.17. The van der Waals surface area contributed by atoms with E-state index < -0.39 is 11.9 Å². The zero-order chi connectivity index (χ0) is 14.9. The monoisotopic (exact) mass is 448 g/mol. The molecular weight excluding hydrogens is 439 g/mol. The first-order valence-electron chi connectivity index (χ1n) is 5.57. The molecule has 0 atom stereocenters. The van der Waals surface area contributed by atoms with Crippen LogP contribution in [0, 0.1) is 3.57 Å². The Kier molecular flexibility index (Phi) is 4.48. The average Bonchev–Trinajstić information content (AvgIpc) is 2.64. The number of carbonyl (C=O) groups excluding carboxylic acids is 2. The molecule has 2 N–H and O–H groups in total. The Morgan fingerprint density at radius 3 is 2.75 bits per heavy atom. The third-order valence-electron chi connectivity index (χ3n) is 2.62. The fraction of sp³-hybridized carbons (Fsp3) is 0.0769. The van der Waals surface area contributed by atoms with Gasteiger partial charge < -0.3 is 10.4 Å². The lowest BCUT2D eigenvalue weighted by Crippen LogP contribution is -2.30. The zero-order valence-corrected chi connectivity index (χ0v) is 13.9. The molecule has 1 heterocycles. The topological polar surface area (TPSA) is 69.6 Å². The lowest BCUT2D eigenvalue weighted by molar-refractivity contribution is -0.122. The van der Waals surface area contributed by atoms with Gasteiger partial charge in [0.25, 0.3) is 5.91 Å². The van der Waals surface area contributed by atoms with E-state index in [1.54, 1.807) is 18.2 Å². The Bertz CT molecular complexity index is 619. The predicted octanol–water partition coefficient (Wildman–Crippen LogP) is 2.84. The van der Waals surface area contributed by atoms with E-state index >= 15 is 0 Å². The summed E-state index contributed by atoms with van der Waals surface area (Å²) in [7, 11) is 0. The Morgan fingerprint density at radius 1 is 1.45 bits per heavy atom. The minimum atomic E-state index is -0.464. The molecule has 1 aliphatic rings. The summed E-state index contributed by atoms with van der Waals surface area (Å²) in [5, 5.41) is 12.2. The second kappa shape index (κ2) is 5.96. The van der Waals surface area contributed by atoms with Crippen molar-refractivity contribution >= 4 is 56.5 Å². The highest BCUT2D eigenvalue weighted by Gasteiger charge is 2.32. The van der Waals surface area contributed by atoms with Crippen LogP contribution >= 0.6 is 38.5 Å². The standard InChI is InChI=1S/C13H10BrIN2O3/c1-2-3-17-12(19)10(16-13(17)20)6-7-4-8(14)11(18)9(15)5-7/h2,4-6,18H,1,3H2,(H,16,20)/b10-6+. The highest BCUT2D eigenvalue weighted by Crippen LogP contribution is 2.31. The van der Waals surface area contributed by atoms with Crippen LogP contribution in [0.2, 0.25) is 0 Å². The maximum atomic E-state index is 12.0. The van der Waals surface area contributed by atoms with E-state index in [-0.39, 0.29) is 18.0 Å². The molecule has 2 rings (SSSR count). The van der Waals surface area contributed by atoms with Gasteiger partial charge in [-0.05, 0) is 62.3 Å². The lowest BCUT2D eigenvalue weighted by atomic mass is 10.2. The zero-order valence-electron chi connectivity index (χ0n) is 10.2. The number of hydrogen-bond donors (Lipinski definition) is 2. The lowest BCUT2D eigenvalue weighted by Gasteiger charge is -2.07. The van der Waals surface area contributed by atoms with Gasteiger partial charge >= 0.3 is 6.03 Å². The molecule has 1 saturated heterocycles. The van der Waals surface area contributed by atoms with E-state index in [4.69, 9.17) is 0 Å². The summed E-state index contributed by atoms with van der Waals surface area (Å²) in [4.78, 5) is 24.7. The maximum Gasteiger partial charge on any atom is 0.329 e. The Hall–Kier alpha value is -1.35. The van der Waals surface area contributed by atoms with E-state index in [0.717, 1.165) is 4.90 Å². The van der Waals surface area contributed by atoms with Crippen molar-refractivity contribution in [2.24, 2.45) is 0 Å². The van der Waals surface area contributed by atoms with Gasteiger partial charge in [-0.25, -0.2) is 4.79 Å². The summed E-state index contributed by atoms with van der Waals surface area (Å²) in [6.45, 7) is 3.67. The first kappa shape index (κ1) is 15.0. The number of hydrogen-bond acceptors (Lipinski definition) is 3. The number of amides is 3. The first-order valence-corrected chi connectivity index (χ1v) is 7.44. The normalized spacial score (nSPS) is 16.7. The van der Waals surface area contributed by atoms with E-state index in [1.807, 2.05) is 22.6 Å². The Morgan fingerprint density at radius 2 is 2.15 bits per heavy atom. The van der Waals surface area contributed by atoms with Crippen molar-refractivity contribution in [2.75, 3.05) is 6.54 Å². The molecule has 0 spiro atoms. The predicted molar refractivity (Wildman–Crippen MR) is 86.9 cm³/mol. The van der Waals surface area contributed by atoms with Crippen LogP contribution in [-0.2, 0) is 4.79 Å². The molecular formula is C13H10BrIN2O3. The van der Waals surface area contributed by atoms with Crippen molar-refractivity contribution < 1.29 is 14.7 Å². The summed E-state index contributed by atoms with van der Waals surface area (Å²) in [5.74, 6) is -0.253. The van der Waals surface area contributed by atoms with E-state index in [0.29, 0.717) is 13.6 Å². The molecule has 3 amide bonds. The van der Waals surface area contributed by atoms with Gasteiger partial charge in [0, 0.05) is 6.54 Å². The number of carbonyl (C=O) groups is 2. The van der Waals surface area contributed by atoms with Gasteiger partial charge in [-0.3, -0.25) is 9.69 Å². The van der Waals surface area contributed by atoms with E-state index in [2.05, 4.69) is 27.8 Å². The molecule has 1 aliphatic heterocycles. The number of nitrogens with one attached hydrogen (secondary N) is 1. The van der Waals surface area contributed by atoms with Gasteiger partial charge in [0.15, 0.2) is 0 Å². The van der Waals surface area contributed by atoms with Crippen molar-refractivity contribution in [2.45, 2.75) is 0 Å². The second-order valence-electron chi connectivity index (χ2n) is 4.03. The van der Waals surface area contributed by atoms with E-state index in [1.165, 1.54) is 6.08 Å². The third kappa shape index (κ3) is 2.88. The number of urea groups is 1. The average molecular weight is 449 g/mol. The van der Waals surface area contributed by atoms with Crippen molar-refractivity contribution in [1.82, 2.24) is 10.2 Å². The van der Waals surface area contributed by atoms with Crippen molar-refractivity contribution in [3.63, 3.8) is 0 Å². The van der Waals surface area contributed by atoms with Gasteiger partial charge in [-0.1, -0.05) is 6.08 Å². The largest absolute Gasteiger partial charge is 0.506 e. The highest BCUT2D eigenvalue weighted by molar-refractivity contribution is 14.1. The minimum absolute atomic E-state index is 0.141. The maximum absolute atomic E-state index is 12.0. The smallest absolute Gasteiger partial charge is 0.329 e. The molecule has 1 aromatic rings. The fourth-order valence-corrected chi connectivity index (χ4v) is 3.20. The number of benzene rings is 1. The first-order chi connectivity index (χ1) is 9.43. The van der Waals surface area contributed by atoms with Crippen LogP contribution in [0.25, 0.3) is 6.08 Å². The molecule has 0 saturated carbocycles. The highest BCUT2D eigenvalue weighted by atomic mass is 127. The van der Waals surface area contributed by atoms with Crippen LogP contribution in [0.15, 0.2) is 35.0 Å². The fourth-order valence-electron chi connectivity index (χ4n) is 1.70. The molecule has 0 radical (unpaired) electrons. The second-order valence-corrected chi connectivity index (χ2v) is 6.04. The number of phenols is 1. The molecule has 0 aromatic heterocycles. The molecule has 5 nitrogen and oxygen atoms in total.